The number of carbonyl (C=O) groups is 1. The molecule has 1 N–H and O–H groups in total. The summed E-state index contributed by atoms with van der Waals surface area (Å²) in [5.74, 6) is 0.191. The van der Waals surface area contributed by atoms with Crippen LogP contribution < -0.4 is 5.32 Å². The predicted octanol–water partition coefficient (Wildman–Crippen LogP) is 1.16. The number of hydrogen-bond acceptors (Lipinski definition) is 4. The molecular formula is C16H23N3O2. The number of anilines is 1. The van der Waals surface area contributed by atoms with Crippen LogP contribution in [-0.4, -0.2) is 61.6 Å². The molecule has 1 aromatic rings. The summed E-state index contributed by atoms with van der Waals surface area (Å²) in [6.45, 7) is 5.30. The van der Waals surface area contributed by atoms with Gasteiger partial charge in [0.15, 0.2) is 0 Å². The predicted molar refractivity (Wildman–Crippen MR) is 82.2 cm³/mol. The van der Waals surface area contributed by atoms with Crippen molar-refractivity contribution in [1.29, 1.82) is 0 Å². The Balaban J connectivity index is 1.68. The highest BCUT2D eigenvalue weighted by atomic mass is 16.5. The van der Waals surface area contributed by atoms with Crippen molar-refractivity contribution in [2.75, 3.05) is 45.2 Å². The summed E-state index contributed by atoms with van der Waals surface area (Å²) in [5.41, 5.74) is 2.33. The number of nitrogens with one attached hydrogen (secondary N) is 1. The van der Waals surface area contributed by atoms with E-state index >= 15 is 0 Å². The Hall–Kier alpha value is -1.59. The standard InChI is InChI=1S/C16H23N3O2/c1-18-7-6-15(16(18)20)17-14-5-3-2-4-13(14)12-19-8-10-21-11-9-19/h2-5,15,17H,6-12H2,1H3. The van der Waals surface area contributed by atoms with E-state index in [0.29, 0.717) is 0 Å². The minimum Gasteiger partial charge on any atom is -0.379 e. The first-order valence-electron chi connectivity index (χ1n) is 7.63. The number of ether oxygens (including phenoxy) is 1. The van der Waals surface area contributed by atoms with Crippen LogP contribution in [0.25, 0.3) is 0 Å². The smallest absolute Gasteiger partial charge is 0.244 e. The SMILES string of the molecule is CN1CCC(Nc2ccccc2CN2CCOCC2)C1=O. The quantitative estimate of drug-likeness (QED) is 0.903. The molecule has 0 saturated carbocycles. The number of hydrogen-bond donors (Lipinski definition) is 1. The van der Waals surface area contributed by atoms with Gasteiger partial charge in [-0.3, -0.25) is 9.69 Å². The van der Waals surface area contributed by atoms with Crippen LogP contribution in [0.1, 0.15) is 12.0 Å². The molecule has 5 nitrogen and oxygen atoms in total. The normalized spacial score (nSPS) is 23.6. The van der Waals surface area contributed by atoms with Crippen molar-refractivity contribution in [3.05, 3.63) is 29.8 Å². The van der Waals surface area contributed by atoms with E-state index in [2.05, 4.69) is 28.4 Å². The average molecular weight is 289 g/mol. The molecule has 21 heavy (non-hydrogen) atoms. The lowest BCUT2D eigenvalue weighted by atomic mass is 10.1. The zero-order valence-corrected chi connectivity index (χ0v) is 12.5. The summed E-state index contributed by atoms with van der Waals surface area (Å²) in [6.07, 6.45) is 0.876. The van der Waals surface area contributed by atoms with E-state index in [9.17, 15) is 4.79 Å². The van der Waals surface area contributed by atoms with Gasteiger partial charge in [-0.25, -0.2) is 0 Å². The van der Waals surface area contributed by atoms with Gasteiger partial charge in [-0.2, -0.15) is 0 Å². The lowest BCUT2D eigenvalue weighted by molar-refractivity contribution is -0.127. The average Bonchev–Trinajstić information content (AvgIpc) is 2.82. The minimum atomic E-state index is -0.0826. The Kier molecular flexibility index (Phi) is 4.41. The number of benzene rings is 1. The molecule has 0 radical (unpaired) electrons. The fourth-order valence-corrected chi connectivity index (χ4v) is 2.94. The Bertz CT molecular complexity index is 500. The summed E-state index contributed by atoms with van der Waals surface area (Å²) >= 11 is 0. The van der Waals surface area contributed by atoms with Crippen molar-refractivity contribution in [3.8, 4) is 0 Å². The fraction of sp³-hybridized carbons (Fsp3) is 0.562. The van der Waals surface area contributed by atoms with Crippen molar-refractivity contribution < 1.29 is 9.53 Å². The number of likely N-dealkylation sites (N-methyl/N-ethyl adjacent to an activating group) is 1. The minimum absolute atomic E-state index is 0.0826. The molecule has 1 atom stereocenters. The van der Waals surface area contributed by atoms with Gasteiger partial charge in [0.05, 0.1) is 13.2 Å². The zero-order valence-electron chi connectivity index (χ0n) is 12.5. The van der Waals surface area contributed by atoms with Gasteiger partial charge in [-0.05, 0) is 18.1 Å². The van der Waals surface area contributed by atoms with Gasteiger partial charge < -0.3 is 15.0 Å². The number of amides is 1. The van der Waals surface area contributed by atoms with E-state index in [1.807, 2.05) is 13.1 Å². The molecule has 2 heterocycles. The Morgan fingerprint density at radius 1 is 1.24 bits per heavy atom. The molecule has 1 aromatic carbocycles. The van der Waals surface area contributed by atoms with Gasteiger partial charge in [0, 0.05) is 38.9 Å². The molecule has 0 bridgehead atoms. The molecule has 2 aliphatic rings. The molecule has 2 fully saturated rings. The van der Waals surface area contributed by atoms with Gasteiger partial charge >= 0.3 is 0 Å². The summed E-state index contributed by atoms with van der Waals surface area (Å²) < 4.78 is 5.39. The maximum atomic E-state index is 12.0. The van der Waals surface area contributed by atoms with E-state index in [4.69, 9.17) is 4.74 Å². The molecule has 3 rings (SSSR count). The number of rotatable bonds is 4. The Morgan fingerprint density at radius 2 is 2.00 bits per heavy atom. The first-order valence-corrected chi connectivity index (χ1v) is 7.63. The molecule has 0 spiro atoms. The molecule has 2 aliphatic heterocycles. The van der Waals surface area contributed by atoms with Crippen molar-refractivity contribution in [2.45, 2.75) is 19.0 Å². The third-order valence-corrected chi connectivity index (χ3v) is 4.27. The number of para-hydroxylation sites is 1. The highest BCUT2D eigenvalue weighted by Gasteiger charge is 2.29. The van der Waals surface area contributed by atoms with Crippen molar-refractivity contribution >= 4 is 11.6 Å². The van der Waals surface area contributed by atoms with Crippen molar-refractivity contribution in [3.63, 3.8) is 0 Å². The molecular weight excluding hydrogens is 266 g/mol. The van der Waals surface area contributed by atoms with Crippen molar-refractivity contribution in [1.82, 2.24) is 9.80 Å². The number of carbonyl (C=O) groups excluding carboxylic acids is 1. The third kappa shape index (κ3) is 3.36. The molecule has 0 aromatic heterocycles. The molecule has 5 heteroatoms. The first-order chi connectivity index (χ1) is 10.2. The molecule has 0 aliphatic carbocycles. The van der Waals surface area contributed by atoms with Crippen LogP contribution in [0.5, 0.6) is 0 Å². The van der Waals surface area contributed by atoms with Gasteiger partial charge in [-0.1, -0.05) is 18.2 Å². The highest BCUT2D eigenvalue weighted by Crippen LogP contribution is 2.21. The molecule has 1 unspecified atom stereocenters. The van der Waals surface area contributed by atoms with Crippen molar-refractivity contribution in [2.24, 2.45) is 0 Å². The molecule has 114 valence electrons. The largest absolute Gasteiger partial charge is 0.379 e. The van der Waals surface area contributed by atoms with E-state index in [1.165, 1.54) is 5.56 Å². The number of nitrogens with zero attached hydrogens (tertiary/aromatic N) is 2. The van der Waals surface area contributed by atoms with E-state index < -0.39 is 0 Å². The van der Waals surface area contributed by atoms with Crippen LogP contribution in [-0.2, 0) is 16.1 Å². The van der Waals surface area contributed by atoms with E-state index in [1.54, 1.807) is 4.90 Å². The second kappa shape index (κ2) is 6.45. The Labute approximate surface area is 125 Å². The maximum absolute atomic E-state index is 12.0. The second-order valence-corrected chi connectivity index (χ2v) is 5.79. The maximum Gasteiger partial charge on any atom is 0.244 e. The van der Waals surface area contributed by atoms with Crippen LogP contribution in [0.2, 0.25) is 0 Å². The fourth-order valence-electron chi connectivity index (χ4n) is 2.94. The lowest BCUT2D eigenvalue weighted by Crippen LogP contribution is -2.36. The molecule has 2 saturated heterocycles. The summed E-state index contributed by atoms with van der Waals surface area (Å²) in [5, 5.41) is 3.43. The second-order valence-electron chi connectivity index (χ2n) is 5.79. The van der Waals surface area contributed by atoms with Crippen LogP contribution in [0.15, 0.2) is 24.3 Å². The Morgan fingerprint density at radius 3 is 2.71 bits per heavy atom. The number of likely N-dealkylation sites (tertiary alicyclic amines) is 1. The monoisotopic (exact) mass is 289 g/mol. The third-order valence-electron chi connectivity index (χ3n) is 4.27. The van der Waals surface area contributed by atoms with Gasteiger partial charge in [0.1, 0.15) is 6.04 Å². The van der Waals surface area contributed by atoms with Gasteiger partial charge in [0.2, 0.25) is 5.91 Å². The highest BCUT2D eigenvalue weighted by molar-refractivity contribution is 5.86. The van der Waals surface area contributed by atoms with Crippen LogP contribution in [0, 0.1) is 0 Å². The lowest BCUT2D eigenvalue weighted by Gasteiger charge is -2.27. The molecule has 1 amide bonds. The van der Waals surface area contributed by atoms with Gasteiger partial charge in [-0.15, -0.1) is 0 Å². The van der Waals surface area contributed by atoms with E-state index in [0.717, 1.165) is 51.5 Å². The van der Waals surface area contributed by atoms with E-state index in [-0.39, 0.29) is 11.9 Å². The van der Waals surface area contributed by atoms with Crippen LogP contribution >= 0.6 is 0 Å². The zero-order chi connectivity index (χ0) is 14.7. The van der Waals surface area contributed by atoms with Gasteiger partial charge in [0.25, 0.3) is 0 Å². The topological polar surface area (TPSA) is 44.8 Å². The number of morpholine rings is 1. The summed E-state index contributed by atoms with van der Waals surface area (Å²) in [6, 6.07) is 8.21. The summed E-state index contributed by atoms with van der Waals surface area (Å²) in [4.78, 5) is 16.2. The van der Waals surface area contributed by atoms with Crippen LogP contribution in [0.4, 0.5) is 5.69 Å². The van der Waals surface area contributed by atoms with Crippen LogP contribution in [0.3, 0.4) is 0 Å². The summed E-state index contributed by atoms with van der Waals surface area (Å²) in [7, 11) is 1.86. The first kappa shape index (κ1) is 14.4.